The van der Waals surface area contributed by atoms with E-state index in [4.69, 9.17) is 11.6 Å². The molecule has 1 aromatic carbocycles. The molecule has 3 nitrogen and oxygen atoms in total. The van der Waals surface area contributed by atoms with Crippen LogP contribution in [0.4, 0.5) is 0 Å². The van der Waals surface area contributed by atoms with E-state index in [9.17, 15) is 0 Å². The average molecular weight is 264 g/mol. The van der Waals surface area contributed by atoms with Crippen molar-refractivity contribution in [1.29, 1.82) is 0 Å². The molecule has 0 spiro atoms. The Hall–Kier alpha value is -1.35. The number of aromatic nitrogens is 3. The van der Waals surface area contributed by atoms with Crippen LogP contribution in [0, 0.1) is 6.92 Å². The number of aryl methyl sites for hydroxylation is 1. The predicted octanol–water partition coefficient (Wildman–Crippen LogP) is 3.61. The summed E-state index contributed by atoms with van der Waals surface area (Å²) in [7, 11) is 0. The van der Waals surface area contributed by atoms with Gasteiger partial charge in [0.15, 0.2) is 0 Å². The number of hydrogen-bond donors (Lipinski definition) is 0. The Labute approximate surface area is 113 Å². The van der Waals surface area contributed by atoms with Crippen LogP contribution in [-0.4, -0.2) is 15.0 Å². The molecule has 0 aliphatic heterocycles. The summed E-state index contributed by atoms with van der Waals surface area (Å²) in [5.74, 6) is 0.387. The molecule has 0 bridgehead atoms. The molecule has 0 atom stereocenters. The molecule has 0 aliphatic rings. The molecule has 2 aromatic rings. The normalized spacial score (nSPS) is 11.8. The van der Waals surface area contributed by atoms with E-state index in [-0.39, 0.29) is 5.41 Å². The van der Waals surface area contributed by atoms with Gasteiger partial charge in [-0.3, -0.25) is 0 Å². The molecule has 18 heavy (non-hydrogen) atoms. The van der Waals surface area contributed by atoms with Gasteiger partial charge in [0.2, 0.25) is 0 Å². The Morgan fingerprint density at radius 3 is 2.56 bits per heavy atom. The van der Waals surface area contributed by atoms with Crippen molar-refractivity contribution in [3.05, 3.63) is 41.2 Å². The molecule has 0 saturated carbocycles. The molecular weight excluding hydrogens is 246 g/mol. The van der Waals surface area contributed by atoms with Crippen LogP contribution in [0.2, 0.25) is 0 Å². The van der Waals surface area contributed by atoms with Crippen molar-refractivity contribution in [3.8, 4) is 5.69 Å². The van der Waals surface area contributed by atoms with Gasteiger partial charge in [-0.25, -0.2) is 4.68 Å². The third-order valence-electron chi connectivity index (χ3n) is 2.82. The van der Waals surface area contributed by atoms with Gasteiger partial charge in [0.1, 0.15) is 5.69 Å². The minimum Gasteiger partial charge on any atom is -0.217 e. The Balaban J connectivity index is 2.62. The Bertz CT molecular complexity index is 552. The van der Waals surface area contributed by atoms with Gasteiger partial charge < -0.3 is 0 Å². The zero-order chi connectivity index (χ0) is 13.3. The zero-order valence-electron chi connectivity index (χ0n) is 11.2. The molecule has 0 amide bonds. The minimum atomic E-state index is -0.0442. The van der Waals surface area contributed by atoms with Gasteiger partial charge in [-0.15, -0.1) is 16.7 Å². The van der Waals surface area contributed by atoms with E-state index >= 15 is 0 Å². The first-order valence-corrected chi connectivity index (χ1v) is 6.55. The molecule has 0 unspecified atom stereocenters. The smallest absolute Gasteiger partial charge is 0.102 e. The van der Waals surface area contributed by atoms with Crippen LogP contribution in [0.1, 0.15) is 37.7 Å². The van der Waals surface area contributed by atoms with Crippen molar-refractivity contribution in [2.75, 3.05) is 0 Å². The van der Waals surface area contributed by atoms with Gasteiger partial charge in [0.05, 0.1) is 17.3 Å². The molecule has 1 heterocycles. The fraction of sp³-hybridized carbons (Fsp3) is 0.429. The van der Waals surface area contributed by atoms with E-state index in [1.807, 2.05) is 16.8 Å². The van der Waals surface area contributed by atoms with Crippen molar-refractivity contribution >= 4 is 11.6 Å². The molecular formula is C14H18ClN3. The maximum atomic E-state index is 5.95. The van der Waals surface area contributed by atoms with E-state index in [0.29, 0.717) is 5.88 Å². The van der Waals surface area contributed by atoms with E-state index in [1.54, 1.807) is 0 Å². The molecule has 0 fully saturated rings. The first-order valence-electron chi connectivity index (χ1n) is 6.01. The lowest BCUT2D eigenvalue weighted by molar-refractivity contribution is 0.539. The second kappa shape index (κ2) is 4.73. The van der Waals surface area contributed by atoms with Crippen LogP contribution in [0.25, 0.3) is 5.69 Å². The highest BCUT2D eigenvalue weighted by Crippen LogP contribution is 2.28. The Morgan fingerprint density at radius 1 is 1.28 bits per heavy atom. The molecule has 1 aromatic heterocycles. The number of hydrogen-bond acceptors (Lipinski definition) is 2. The number of benzene rings is 1. The summed E-state index contributed by atoms with van der Waals surface area (Å²) < 4.78 is 1.89. The third kappa shape index (κ3) is 2.41. The van der Waals surface area contributed by atoms with E-state index < -0.39 is 0 Å². The highest BCUT2D eigenvalue weighted by Gasteiger charge is 2.25. The lowest BCUT2D eigenvalue weighted by Gasteiger charge is -2.21. The first-order chi connectivity index (χ1) is 8.43. The number of rotatable bonds is 2. The third-order valence-corrected chi connectivity index (χ3v) is 3.08. The molecule has 0 N–H and O–H groups in total. The summed E-state index contributed by atoms with van der Waals surface area (Å²) in [6.45, 7) is 8.51. The van der Waals surface area contributed by atoms with Crippen molar-refractivity contribution in [2.24, 2.45) is 0 Å². The Morgan fingerprint density at radius 2 is 2.00 bits per heavy atom. The van der Waals surface area contributed by atoms with Gasteiger partial charge in [-0.05, 0) is 24.6 Å². The molecule has 0 radical (unpaired) electrons. The number of nitrogens with zero attached hydrogens (tertiary/aromatic N) is 3. The minimum absolute atomic E-state index is 0.0442. The van der Waals surface area contributed by atoms with Crippen molar-refractivity contribution in [1.82, 2.24) is 15.0 Å². The van der Waals surface area contributed by atoms with Crippen molar-refractivity contribution in [2.45, 2.75) is 39.0 Å². The summed E-state index contributed by atoms with van der Waals surface area (Å²) in [4.78, 5) is 0. The van der Waals surface area contributed by atoms with Gasteiger partial charge in [-0.2, -0.15) is 0 Å². The van der Waals surface area contributed by atoms with Crippen LogP contribution >= 0.6 is 11.6 Å². The summed E-state index contributed by atoms with van der Waals surface area (Å²) in [5, 5.41) is 8.44. The van der Waals surface area contributed by atoms with Gasteiger partial charge in [-0.1, -0.05) is 38.1 Å². The SMILES string of the molecule is Cc1cccc(-n2nnc(CCl)c2C(C)(C)C)c1. The van der Waals surface area contributed by atoms with Crippen molar-refractivity contribution in [3.63, 3.8) is 0 Å². The fourth-order valence-electron chi connectivity index (χ4n) is 2.09. The van der Waals surface area contributed by atoms with Crippen LogP contribution in [0.3, 0.4) is 0 Å². The van der Waals surface area contributed by atoms with E-state index in [1.165, 1.54) is 5.56 Å². The van der Waals surface area contributed by atoms with Crippen LogP contribution in [0.5, 0.6) is 0 Å². The van der Waals surface area contributed by atoms with Crippen LogP contribution in [-0.2, 0) is 11.3 Å². The van der Waals surface area contributed by atoms with Gasteiger partial charge in [0, 0.05) is 5.41 Å². The predicted molar refractivity (Wildman–Crippen MR) is 74.4 cm³/mol. The van der Waals surface area contributed by atoms with Crippen LogP contribution in [0.15, 0.2) is 24.3 Å². The number of halogens is 1. The number of alkyl halides is 1. The largest absolute Gasteiger partial charge is 0.217 e. The topological polar surface area (TPSA) is 30.7 Å². The van der Waals surface area contributed by atoms with Gasteiger partial charge in [0.25, 0.3) is 0 Å². The molecule has 0 aliphatic carbocycles. The van der Waals surface area contributed by atoms with E-state index in [0.717, 1.165) is 17.1 Å². The molecule has 2 rings (SSSR count). The van der Waals surface area contributed by atoms with Crippen molar-refractivity contribution < 1.29 is 0 Å². The fourth-order valence-corrected chi connectivity index (χ4v) is 2.27. The summed E-state index contributed by atoms with van der Waals surface area (Å²) in [6, 6.07) is 8.23. The van der Waals surface area contributed by atoms with E-state index in [2.05, 4.69) is 50.1 Å². The quantitative estimate of drug-likeness (QED) is 0.775. The summed E-state index contributed by atoms with van der Waals surface area (Å²) in [6.07, 6.45) is 0. The average Bonchev–Trinajstić information content (AvgIpc) is 2.72. The second-order valence-corrected chi connectivity index (χ2v) is 5.79. The molecule has 0 saturated heterocycles. The maximum absolute atomic E-state index is 5.95. The Kier molecular flexibility index (Phi) is 3.44. The standard InChI is InChI=1S/C14H18ClN3/c1-10-6-5-7-11(8-10)18-13(14(2,3)4)12(9-15)16-17-18/h5-8H,9H2,1-4H3. The summed E-state index contributed by atoms with van der Waals surface area (Å²) in [5.41, 5.74) is 4.12. The highest BCUT2D eigenvalue weighted by atomic mass is 35.5. The molecule has 4 heteroatoms. The van der Waals surface area contributed by atoms with Crippen LogP contribution < -0.4 is 0 Å². The monoisotopic (exact) mass is 263 g/mol. The van der Waals surface area contributed by atoms with Gasteiger partial charge >= 0.3 is 0 Å². The molecule has 96 valence electrons. The highest BCUT2D eigenvalue weighted by molar-refractivity contribution is 6.17. The zero-order valence-corrected chi connectivity index (χ0v) is 12.0. The lowest BCUT2D eigenvalue weighted by atomic mass is 9.90. The second-order valence-electron chi connectivity index (χ2n) is 5.52. The maximum Gasteiger partial charge on any atom is 0.102 e. The lowest BCUT2D eigenvalue weighted by Crippen LogP contribution is -2.19. The first kappa shape index (κ1) is 13.1. The summed E-state index contributed by atoms with van der Waals surface area (Å²) >= 11 is 5.95.